The molecule has 2 amide bonds. The molecule has 1 aromatic heterocycles. The van der Waals surface area contributed by atoms with Crippen molar-refractivity contribution in [3.63, 3.8) is 0 Å². The second-order valence-corrected chi connectivity index (χ2v) is 8.47. The number of amides is 2. The van der Waals surface area contributed by atoms with Crippen molar-refractivity contribution in [1.82, 2.24) is 14.9 Å². The molecule has 30 heavy (non-hydrogen) atoms. The molecule has 2 fully saturated rings. The van der Waals surface area contributed by atoms with Gasteiger partial charge >= 0.3 is 0 Å². The Balaban J connectivity index is 1.52. The lowest BCUT2D eigenvalue weighted by atomic mass is 9.96. The molecule has 1 saturated heterocycles. The fourth-order valence-corrected chi connectivity index (χ4v) is 4.74. The van der Waals surface area contributed by atoms with E-state index in [9.17, 15) is 9.59 Å². The average Bonchev–Trinajstić information content (AvgIpc) is 3.44. The van der Waals surface area contributed by atoms with Crippen LogP contribution in [-0.4, -0.2) is 46.9 Å². The molecule has 1 aliphatic carbocycles. The minimum absolute atomic E-state index is 0.0800. The number of nitrogens with two attached hydrogens (primary N) is 1. The number of H-pyrrole nitrogens is 1. The number of piperidine rings is 1. The molecule has 1 atom stereocenters. The zero-order chi connectivity index (χ0) is 21.1. The number of imidazole rings is 1. The fraction of sp³-hybridized carbons (Fsp3) is 0.522. The van der Waals surface area contributed by atoms with Crippen LogP contribution >= 0.6 is 0 Å². The van der Waals surface area contributed by atoms with Crippen LogP contribution < -0.4 is 10.5 Å². The summed E-state index contributed by atoms with van der Waals surface area (Å²) >= 11 is 0. The Morgan fingerprint density at radius 2 is 1.90 bits per heavy atom. The third-order valence-corrected chi connectivity index (χ3v) is 6.43. The molecule has 1 saturated carbocycles. The summed E-state index contributed by atoms with van der Waals surface area (Å²) in [7, 11) is 1.61. The van der Waals surface area contributed by atoms with E-state index >= 15 is 0 Å². The molecule has 1 unspecified atom stereocenters. The minimum atomic E-state index is -0.537. The number of carbonyl (C=O) groups excluding carboxylic acids is 2. The van der Waals surface area contributed by atoms with Crippen LogP contribution in [-0.2, 0) is 4.79 Å². The number of carbonyl (C=O) groups is 2. The van der Waals surface area contributed by atoms with Crippen molar-refractivity contribution >= 4 is 11.8 Å². The first-order valence-corrected chi connectivity index (χ1v) is 10.9. The topological polar surface area (TPSA) is 101 Å². The maximum absolute atomic E-state index is 12.8. The van der Waals surface area contributed by atoms with Gasteiger partial charge in [-0.3, -0.25) is 9.59 Å². The number of aromatic amines is 1. The fourth-order valence-electron chi connectivity index (χ4n) is 4.74. The normalized spacial score (nSPS) is 19.8. The zero-order valence-electron chi connectivity index (χ0n) is 17.5. The standard InChI is InChI=1S/C23H30N4O3/c1-30-18-10-8-16(9-11-18)20-21(22(24)29)26-23(25-20)17-7-4-12-27(14-17)19(28)13-15-5-2-3-6-15/h8-11,15,17H,2-7,12-14H2,1H3,(H2,24,29)(H,25,26). The molecule has 2 aromatic rings. The third-order valence-electron chi connectivity index (χ3n) is 6.43. The molecule has 1 aromatic carbocycles. The SMILES string of the molecule is COc1ccc(-c2nc(C3CCCN(C(=O)CC4CCCC4)C3)[nH]c2C(N)=O)cc1. The number of rotatable bonds is 6. The quantitative estimate of drug-likeness (QED) is 0.761. The van der Waals surface area contributed by atoms with E-state index in [0.717, 1.165) is 36.5 Å². The van der Waals surface area contributed by atoms with Gasteiger partial charge in [0.15, 0.2) is 0 Å². The van der Waals surface area contributed by atoms with E-state index in [-0.39, 0.29) is 11.8 Å². The van der Waals surface area contributed by atoms with E-state index in [4.69, 9.17) is 15.5 Å². The summed E-state index contributed by atoms with van der Waals surface area (Å²) in [6.45, 7) is 1.44. The predicted octanol–water partition coefficient (Wildman–Crippen LogP) is 3.47. The Morgan fingerprint density at radius 1 is 1.17 bits per heavy atom. The Kier molecular flexibility index (Phi) is 6.06. The number of hydrogen-bond donors (Lipinski definition) is 2. The van der Waals surface area contributed by atoms with Crippen LogP contribution in [0.15, 0.2) is 24.3 Å². The number of likely N-dealkylation sites (tertiary alicyclic amines) is 1. The first kappa shape index (κ1) is 20.4. The van der Waals surface area contributed by atoms with Gasteiger partial charge in [0, 0.05) is 31.0 Å². The van der Waals surface area contributed by atoms with Crippen LogP contribution in [0.2, 0.25) is 0 Å². The van der Waals surface area contributed by atoms with Gasteiger partial charge in [0.25, 0.3) is 5.91 Å². The number of nitrogens with zero attached hydrogens (tertiary/aromatic N) is 2. The van der Waals surface area contributed by atoms with Crippen molar-refractivity contribution in [1.29, 1.82) is 0 Å². The smallest absolute Gasteiger partial charge is 0.267 e. The summed E-state index contributed by atoms with van der Waals surface area (Å²) in [6, 6.07) is 7.39. The second kappa shape index (κ2) is 8.90. The highest BCUT2D eigenvalue weighted by atomic mass is 16.5. The Morgan fingerprint density at radius 3 is 2.57 bits per heavy atom. The van der Waals surface area contributed by atoms with Crippen molar-refractivity contribution in [2.45, 2.75) is 50.9 Å². The van der Waals surface area contributed by atoms with Crippen LogP contribution in [0.25, 0.3) is 11.3 Å². The van der Waals surface area contributed by atoms with Gasteiger partial charge in [0.2, 0.25) is 5.91 Å². The molecule has 3 N–H and O–H groups in total. The average molecular weight is 411 g/mol. The van der Waals surface area contributed by atoms with Crippen LogP contribution in [0.4, 0.5) is 0 Å². The van der Waals surface area contributed by atoms with Crippen molar-refractivity contribution in [3.8, 4) is 17.0 Å². The molecule has 2 heterocycles. The molecule has 0 radical (unpaired) electrons. The molecular formula is C23H30N4O3. The zero-order valence-corrected chi connectivity index (χ0v) is 17.5. The van der Waals surface area contributed by atoms with Crippen LogP contribution in [0.3, 0.4) is 0 Å². The summed E-state index contributed by atoms with van der Waals surface area (Å²) in [5.41, 5.74) is 7.28. The van der Waals surface area contributed by atoms with Crippen molar-refractivity contribution in [2.24, 2.45) is 11.7 Å². The predicted molar refractivity (Wildman–Crippen MR) is 114 cm³/mol. The molecule has 7 heteroatoms. The molecule has 0 bridgehead atoms. The first-order chi connectivity index (χ1) is 14.5. The van der Waals surface area contributed by atoms with Crippen LogP contribution in [0.5, 0.6) is 5.75 Å². The summed E-state index contributed by atoms with van der Waals surface area (Å²) < 4.78 is 5.21. The molecule has 7 nitrogen and oxygen atoms in total. The number of primary amides is 1. The highest BCUT2D eigenvalue weighted by molar-refractivity contribution is 5.97. The number of ether oxygens (including phenoxy) is 1. The van der Waals surface area contributed by atoms with Gasteiger partial charge in [-0.25, -0.2) is 4.98 Å². The third kappa shape index (κ3) is 4.35. The number of methoxy groups -OCH3 is 1. The van der Waals surface area contributed by atoms with Gasteiger partial charge in [0.05, 0.1) is 7.11 Å². The Bertz CT molecular complexity index is 900. The largest absolute Gasteiger partial charge is 0.497 e. The summed E-state index contributed by atoms with van der Waals surface area (Å²) in [5, 5.41) is 0. The Hall–Kier alpha value is -2.83. The van der Waals surface area contributed by atoms with Gasteiger partial charge in [-0.05, 0) is 55.9 Å². The Labute approximate surface area is 177 Å². The van der Waals surface area contributed by atoms with Gasteiger partial charge in [0.1, 0.15) is 23.0 Å². The lowest BCUT2D eigenvalue weighted by Crippen LogP contribution is -2.40. The minimum Gasteiger partial charge on any atom is -0.497 e. The molecular weight excluding hydrogens is 380 g/mol. The summed E-state index contributed by atoms with van der Waals surface area (Å²) in [4.78, 5) is 34.7. The second-order valence-electron chi connectivity index (χ2n) is 8.47. The summed E-state index contributed by atoms with van der Waals surface area (Å²) in [5.74, 6) is 1.81. The van der Waals surface area contributed by atoms with E-state index < -0.39 is 5.91 Å². The highest BCUT2D eigenvalue weighted by Crippen LogP contribution is 2.32. The van der Waals surface area contributed by atoms with Crippen molar-refractivity contribution in [3.05, 3.63) is 35.8 Å². The molecule has 1 aliphatic heterocycles. The van der Waals surface area contributed by atoms with E-state index in [2.05, 4.69) is 4.98 Å². The van der Waals surface area contributed by atoms with E-state index in [1.165, 1.54) is 25.7 Å². The van der Waals surface area contributed by atoms with Gasteiger partial charge in [-0.15, -0.1) is 0 Å². The lowest BCUT2D eigenvalue weighted by molar-refractivity contribution is -0.133. The lowest BCUT2D eigenvalue weighted by Gasteiger charge is -2.32. The van der Waals surface area contributed by atoms with Gasteiger partial charge < -0.3 is 20.4 Å². The maximum atomic E-state index is 12.8. The van der Waals surface area contributed by atoms with Gasteiger partial charge in [-0.1, -0.05) is 12.8 Å². The number of benzene rings is 1. The van der Waals surface area contributed by atoms with Crippen molar-refractivity contribution in [2.75, 3.05) is 20.2 Å². The monoisotopic (exact) mass is 410 g/mol. The molecule has 4 rings (SSSR count). The summed E-state index contributed by atoms with van der Waals surface area (Å²) in [6.07, 6.45) is 7.37. The van der Waals surface area contributed by atoms with Crippen LogP contribution in [0.1, 0.15) is 67.2 Å². The first-order valence-electron chi connectivity index (χ1n) is 10.9. The maximum Gasteiger partial charge on any atom is 0.267 e. The number of aromatic nitrogens is 2. The highest BCUT2D eigenvalue weighted by Gasteiger charge is 2.30. The molecule has 160 valence electrons. The number of hydrogen-bond acceptors (Lipinski definition) is 4. The van der Waals surface area contributed by atoms with E-state index in [1.54, 1.807) is 7.11 Å². The van der Waals surface area contributed by atoms with E-state index in [1.807, 2.05) is 29.2 Å². The van der Waals surface area contributed by atoms with Gasteiger partial charge in [-0.2, -0.15) is 0 Å². The molecule has 0 spiro atoms. The van der Waals surface area contributed by atoms with Crippen LogP contribution in [0, 0.1) is 5.92 Å². The number of nitrogens with one attached hydrogen (secondary N) is 1. The van der Waals surface area contributed by atoms with E-state index in [0.29, 0.717) is 30.3 Å². The van der Waals surface area contributed by atoms with Crippen molar-refractivity contribution < 1.29 is 14.3 Å². The molecule has 2 aliphatic rings.